The summed E-state index contributed by atoms with van der Waals surface area (Å²) in [7, 11) is 0. The van der Waals surface area contributed by atoms with E-state index in [-0.39, 0.29) is 11.8 Å². The Hall–Kier alpha value is -2.68. The highest BCUT2D eigenvalue weighted by Crippen LogP contribution is 2.42. The quantitative estimate of drug-likeness (QED) is 0.487. The molecule has 2 aromatic heterocycles. The lowest BCUT2D eigenvalue weighted by atomic mass is 9.85. The van der Waals surface area contributed by atoms with Gasteiger partial charge in [0.05, 0.1) is 17.9 Å². The first-order chi connectivity index (χ1) is 15.8. The highest BCUT2D eigenvalue weighted by molar-refractivity contribution is 5.79. The topological polar surface area (TPSA) is 106 Å². The molecule has 1 amide bonds. The molecule has 3 N–H and O–H groups in total. The Bertz CT molecular complexity index is 917. The molecule has 0 aromatic carbocycles. The van der Waals surface area contributed by atoms with Crippen LogP contribution < -0.4 is 16.0 Å². The summed E-state index contributed by atoms with van der Waals surface area (Å²) in [6.07, 6.45) is 14.3. The lowest BCUT2D eigenvalue weighted by Crippen LogP contribution is -2.35. The first-order valence-corrected chi connectivity index (χ1v) is 12.0. The maximum Gasteiger partial charge on any atom is 0.229 e. The van der Waals surface area contributed by atoms with Gasteiger partial charge >= 0.3 is 0 Å². The standard InChI is InChI=1S/C23H33N7O2/c31-22(17-3-1-4-17)25-10-2-9-24-21-20(16-5-6-16)14-26-23(29-21)28-18-13-27-30(15-18)19-7-11-32-12-8-19/h13-17,19H,1-12H2,(H,25,31)(H2,24,26,28,29). The van der Waals surface area contributed by atoms with E-state index in [1.165, 1.54) is 24.8 Å². The molecule has 9 nitrogen and oxygen atoms in total. The molecule has 5 rings (SSSR count). The highest BCUT2D eigenvalue weighted by Gasteiger charge is 2.28. The van der Waals surface area contributed by atoms with Crippen LogP contribution >= 0.6 is 0 Å². The molecule has 9 heteroatoms. The number of amides is 1. The smallest absolute Gasteiger partial charge is 0.229 e. The fourth-order valence-corrected chi connectivity index (χ4v) is 4.29. The van der Waals surface area contributed by atoms with Crippen molar-refractivity contribution in [2.24, 2.45) is 5.92 Å². The average molecular weight is 440 g/mol. The Morgan fingerprint density at radius 2 is 1.94 bits per heavy atom. The second kappa shape index (κ2) is 9.85. The number of rotatable bonds is 10. The number of hydrogen-bond acceptors (Lipinski definition) is 7. The Balaban J connectivity index is 1.16. The van der Waals surface area contributed by atoms with Gasteiger partial charge in [-0.3, -0.25) is 9.48 Å². The van der Waals surface area contributed by atoms with Crippen molar-refractivity contribution < 1.29 is 9.53 Å². The fraction of sp³-hybridized carbons (Fsp3) is 0.652. The summed E-state index contributed by atoms with van der Waals surface area (Å²) in [6, 6.07) is 0.388. The third-order valence-electron chi connectivity index (χ3n) is 6.68. The minimum atomic E-state index is 0.213. The first-order valence-electron chi connectivity index (χ1n) is 12.0. The molecule has 3 fully saturated rings. The molecular weight excluding hydrogens is 406 g/mol. The number of carbonyl (C=O) groups is 1. The van der Waals surface area contributed by atoms with E-state index in [4.69, 9.17) is 9.72 Å². The Morgan fingerprint density at radius 3 is 2.69 bits per heavy atom. The van der Waals surface area contributed by atoms with Crippen molar-refractivity contribution in [2.45, 2.75) is 63.3 Å². The van der Waals surface area contributed by atoms with Crippen LogP contribution in [-0.4, -0.2) is 52.0 Å². The molecule has 172 valence electrons. The van der Waals surface area contributed by atoms with Crippen molar-refractivity contribution in [1.82, 2.24) is 25.1 Å². The minimum absolute atomic E-state index is 0.213. The third kappa shape index (κ3) is 5.20. The molecule has 32 heavy (non-hydrogen) atoms. The van der Waals surface area contributed by atoms with Gasteiger partial charge in [-0.15, -0.1) is 0 Å². The highest BCUT2D eigenvalue weighted by atomic mass is 16.5. The number of aromatic nitrogens is 4. The van der Waals surface area contributed by atoms with Gasteiger partial charge in [-0.25, -0.2) is 4.98 Å². The van der Waals surface area contributed by atoms with Gasteiger partial charge in [-0.05, 0) is 50.9 Å². The number of anilines is 3. The summed E-state index contributed by atoms with van der Waals surface area (Å²) in [5.41, 5.74) is 2.08. The van der Waals surface area contributed by atoms with Crippen molar-refractivity contribution >= 4 is 23.4 Å². The fourth-order valence-electron chi connectivity index (χ4n) is 4.29. The molecule has 1 aliphatic heterocycles. The zero-order valence-corrected chi connectivity index (χ0v) is 18.6. The van der Waals surface area contributed by atoms with Crippen LogP contribution in [0.2, 0.25) is 0 Å². The summed E-state index contributed by atoms with van der Waals surface area (Å²) in [4.78, 5) is 21.3. The summed E-state index contributed by atoms with van der Waals surface area (Å²) in [6.45, 7) is 3.04. The van der Waals surface area contributed by atoms with E-state index in [2.05, 4.69) is 26.0 Å². The van der Waals surface area contributed by atoms with E-state index >= 15 is 0 Å². The van der Waals surface area contributed by atoms with Crippen molar-refractivity contribution in [3.8, 4) is 0 Å². The Morgan fingerprint density at radius 1 is 1.09 bits per heavy atom. The second-order valence-electron chi connectivity index (χ2n) is 9.15. The van der Waals surface area contributed by atoms with E-state index in [9.17, 15) is 4.79 Å². The molecule has 3 heterocycles. The molecule has 2 aliphatic carbocycles. The van der Waals surface area contributed by atoms with Crippen molar-refractivity contribution in [1.29, 1.82) is 0 Å². The SMILES string of the molecule is O=C(NCCCNc1nc(Nc2cnn(C3CCOCC3)c2)ncc1C1CC1)C1CCC1. The van der Waals surface area contributed by atoms with Gasteiger partial charge in [0, 0.05) is 50.2 Å². The summed E-state index contributed by atoms with van der Waals surface area (Å²) >= 11 is 0. The Labute approximate surface area is 188 Å². The maximum atomic E-state index is 12.0. The number of hydrogen-bond donors (Lipinski definition) is 3. The lowest BCUT2D eigenvalue weighted by Gasteiger charge is -2.24. The normalized spacial score (nSPS) is 19.4. The Kier molecular flexibility index (Phi) is 6.52. The van der Waals surface area contributed by atoms with Crippen molar-refractivity contribution in [3.05, 3.63) is 24.2 Å². The van der Waals surface area contributed by atoms with E-state index in [1.54, 1.807) is 0 Å². The maximum absolute atomic E-state index is 12.0. The van der Waals surface area contributed by atoms with Crippen LogP contribution in [-0.2, 0) is 9.53 Å². The van der Waals surface area contributed by atoms with Crippen LogP contribution in [0.15, 0.2) is 18.6 Å². The molecule has 3 aliphatic rings. The summed E-state index contributed by atoms with van der Waals surface area (Å²) in [5.74, 6) is 2.48. The van der Waals surface area contributed by atoms with Crippen molar-refractivity contribution in [2.75, 3.05) is 36.9 Å². The van der Waals surface area contributed by atoms with E-state index in [1.807, 2.05) is 23.3 Å². The first kappa shape index (κ1) is 21.2. The van der Waals surface area contributed by atoms with Gasteiger partial charge in [0.15, 0.2) is 0 Å². The summed E-state index contributed by atoms with van der Waals surface area (Å²) < 4.78 is 7.46. The number of nitrogens with one attached hydrogen (secondary N) is 3. The van der Waals surface area contributed by atoms with Crippen LogP contribution in [0.1, 0.15) is 68.9 Å². The van der Waals surface area contributed by atoms with Gasteiger partial charge in [-0.2, -0.15) is 10.1 Å². The van der Waals surface area contributed by atoms with Crippen LogP contribution in [0, 0.1) is 5.92 Å². The van der Waals surface area contributed by atoms with Crippen LogP contribution in [0.5, 0.6) is 0 Å². The van der Waals surface area contributed by atoms with Gasteiger partial charge in [0.25, 0.3) is 0 Å². The second-order valence-corrected chi connectivity index (χ2v) is 9.15. The molecule has 0 unspecified atom stereocenters. The molecule has 0 bridgehead atoms. The monoisotopic (exact) mass is 439 g/mol. The van der Waals surface area contributed by atoms with Gasteiger partial charge in [-0.1, -0.05) is 6.42 Å². The third-order valence-corrected chi connectivity index (χ3v) is 6.68. The molecular formula is C23H33N7O2. The van der Waals surface area contributed by atoms with Crippen LogP contribution in [0.3, 0.4) is 0 Å². The van der Waals surface area contributed by atoms with Gasteiger partial charge in [0.2, 0.25) is 11.9 Å². The van der Waals surface area contributed by atoms with Gasteiger partial charge < -0.3 is 20.7 Å². The number of carbonyl (C=O) groups excluding carboxylic acids is 1. The molecule has 0 atom stereocenters. The predicted octanol–water partition coefficient (Wildman–Crippen LogP) is 3.36. The lowest BCUT2D eigenvalue weighted by molar-refractivity contribution is -0.127. The average Bonchev–Trinajstić information content (AvgIpc) is 3.51. The number of ether oxygens (including phenoxy) is 1. The van der Waals surface area contributed by atoms with Crippen LogP contribution in [0.25, 0.3) is 0 Å². The largest absolute Gasteiger partial charge is 0.381 e. The molecule has 0 radical (unpaired) electrons. The zero-order valence-electron chi connectivity index (χ0n) is 18.6. The predicted molar refractivity (Wildman–Crippen MR) is 122 cm³/mol. The van der Waals surface area contributed by atoms with E-state index in [0.717, 1.165) is 63.4 Å². The van der Waals surface area contributed by atoms with E-state index < -0.39 is 0 Å². The molecule has 2 saturated carbocycles. The number of nitrogens with zero attached hydrogens (tertiary/aromatic N) is 4. The molecule has 2 aromatic rings. The van der Waals surface area contributed by atoms with Crippen molar-refractivity contribution in [3.63, 3.8) is 0 Å². The van der Waals surface area contributed by atoms with Gasteiger partial charge in [0.1, 0.15) is 5.82 Å². The zero-order chi connectivity index (χ0) is 21.8. The molecule has 1 saturated heterocycles. The minimum Gasteiger partial charge on any atom is -0.381 e. The summed E-state index contributed by atoms with van der Waals surface area (Å²) in [5, 5.41) is 14.3. The molecule has 0 spiro atoms. The van der Waals surface area contributed by atoms with E-state index in [0.29, 0.717) is 24.5 Å². The van der Waals surface area contributed by atoms with Crippen LogP contribution in [0.4, 0.5) is 17.5 Å².